The first kappa shape index (κ1) is 17.2. The third-order valence-electron chi connectivity index (χ3n) is 3.94. The summed E-state index contributed by atoms with van der Waals surface area (Å²) in [5.41, 5.74) is 11.2. The van der Waals surface area contributed by atoms with Crippen LogP contribution >= 0.6 is 0 Å². The summed E-state index contributed by atoms with van der Waals surface area (Å²) >= 11 is 0. The van der Waals surface area contributed by atoms with Crippen LogP contribution < -0.4 is 4.74 Å². The molecule has 0 aromatic heterocycles. The lowest BCUT2D eigenvalue weighted by Crippen LogP contribution is -2.26. The second-order valence-electron chi connectivity index (χ2n) is 7.95. The summed E-state index contributed by atoms with van der Waals surface area (Å²) in [6.07, 6.45) is 8.08. The minimum absolute atomic E-state index is 0.113. The number of hydrogen-bond donors (Lipinski definition) is 0. The zero-order valence-corrected chi connectivity index (χ0v) is 14.7. The standard InChI is InChI=1S/C20H26N2O/c1-19(2,3)14-20(4,5)15-10-12-16(13-11-15)23-18-9-7-6-8-17(18)22-21/h6-13,18H,14H2,1-5H3. The third kappa shape index (κ3) is 4.67. The lowest BCUT2D eigenvalue weighted by Gasteiger charge is -2.33. The number of hydrogen-bond acceptors (Lipinski definition) is 1. The maximum Gasteiger partial charge on any atom is 0.336 e. The predicted octanol–water partition coefficient (Wildman–Crippen LogP) is 4.94. The Hall–Kier alpha value is -2.12. The zero-order chi connectivity index (χ0) is 17.1. The first-order chi connectivity index (χ1) is 10.7. The smallest absolute Gasteiger partial charge is 0.336 e. The van der Waals surface area contributed by atoms with Gasteiger partial charge in [-0.3, -0.25) is 0 Å². The lowest BCUT2D eigenvalue weighted by molar-refractivity contribution is -0.0135. The number of nitrogens with zero attached hydrogens (tertiary/aromatic N) is 2. The summed E-state index contributed by atoms with van der Waals surface area (Å²) in [5.74, 6) is 0.770. The Balaban J connectivity index is 2.12. The molecule has 0 spiro atoms. The molecule has 0 heterocycles. The number of allylic oxidation sites excluding steroid dienone is 2. The minimum Gasteiger partial charge on any atom is -0.474 e. The molecule has 1 aliphatic carbocycles. The summed E-state index contributed by atoms with van der Waals surface area (Å²) in [7, 11) is 0. The summed E-state index contributed by atoms with van der Waals surface area (Å²) < 4.78 is 5.90. The topological polar surface area (TPSA) is 45.6 Å². The van der Waals surface area contributed by atoms with Gasteiger partial charge in [0.1, 0.15) is 5.75 Å². The van der Waals surface area contributed by atoms with Crippen molar-refractivity contribution in [2.75, 3.05) is 0 Å². The van der Waals surface area contributed by atoms with Gasteiger partial charge in [0.15, 0.2) is 0 Å². The first-order valence-electron chi connectivity index (χ1n) is 8.05. The SMILES string of the molecule is CC(C)(C)CC(C)(C)c1ccc(OC2C=CC=CC2=[N+]=[N-])cc1. The first-order valence-corrected chi connectivity index (χ1v) is 8.05. The molecule has 0 aliphatic heterocycles. The fourth-order valence-corrected chi connectivity index (χ4v) is 3.26. The van der Waals surface area contributed by atoms with Crippen LogP contribution in [-0.2, 0) is 5.41 Å². The predicted molar refractivity (Wildman–Crippen MR) is 94.9 cm³/mol. The van der Waals surface area contributed by atoms with Crippen molar-refractivity contribution in [2.45, 2.75) is 52.6 Å². The van der Waals surface area contributed by atoms with E-state index in [1.807, 2.05) is 30.4 Å². The summed E-state index contributed by atoms with van der Waals surface area (Å²) in [4.78, 5) is 3.28. The largest absolute Gasteiger partial charge is 0.474 e. The lowest BCUT2D eigenvalue weighted by atomic mass is 9.72. The van der Waals surface area contributed by atoms with Crippen LogP contribution in [0.1, 0.15) is 46.6 Å². The summed E-state index contributed by atoms with van der Waals surface area (Å²) in [5, 5.41) is 0. The Morgan fingerprint density at radius 2 is 1.70 bits per heavy atom. The van der Waals surface area contributed by atoms with Gasteiger partial charge in [-0.05, 0) is 41.0 Å². The van der Waals surface area contributed by atoms with Crippen molar-refractivity contribution in [3.8, 4) is 5.75 Å². The van der Waals surface area contributed by atoms with Gasteiger partial charge in [0.2, 0.25) is 6.10 Å². The van der Waals surface area contributed by atoms with Crippen molar-refractivity contribution in [3.63, 3.8) is 0 Å². The van der Waals surface area contributed by atoms with Gasteiger partial charge < -0.3 is 10.3 Å². The van der Waals surface area contributed by atoms with E-state index in [1.165, 1.54) is 5.56 Å². The highest BCUT2D eigenvalue weighted by Crippen LogP contribution is 2.36. The maximum absolute atomic E-state index is 9.02. The van der Waals surface area contributed by atoms with Crippen LogP contribution in [0.25, 0.3) is 5.53 Å². The number of benzene rings is 1. The van der Waals surface area contributed by atoms with E-state index in [2.05, 4.69) is 51.5 Å². The second-order valence-corrected chi connectivity index (χ2v) is 7.95. The quantitative estimate of drug-likeness (QED) is 0.573. The van der Waals surface area contributed by atoms with Gasteiger partial charge >= 0.3 is 5.71 Å². The summed E-state index contributed by atoms with van der Waals surface area (Å²) in [6.45, 7) is 11.4. The Bertz CT molecular complexity index is 654. The van der Waals surface area contributed by atoms with Gasteiger partial charge in [-0.2, -0.15) is 4.79 Å². The highest BCUT2D eigenvalue weighted by molar-refractivity contribution is 5.97. The average molecular weight is 310 g/mol. The molecule has 3 heteroatoms. The van der Waals surface area contributed by atoms with Crippen molar-refractivity contribution in [1.82, 2.24) is 0 Å². The average Bonchev–Trinajstić information content (AvgIpc) is 2.46. The molecule has 1 unspecified atom stereocenters. The normalized spacial score (nSPS) is 18.0. The molecule has 2 rings (SSSR count). The number of rotatable bonds is 4. The van der Waals surface area contributed by atoms with Crippen LogP contribution in [0.4, 0.5) is 0 Å². The van der Waals surface area contributed by atoms with Gasteiger partial charge in [-0.15, -0.1) is 0 Å². The monoisotopic (exact) mass is 310 g/mol. The molecule has 122 valence electrons. The Morgan fingerprint density at radius 1 is 1.04 bits per heavy atom. The fraction of sp³-hybridized carbons (Fsp3) is 0.450. The van der Waals surface area contributed by atoms with E-state index in [9.17, 15) is 0 Å². The molecule has 1 aliphatic rings. The molecule has 0 saturated heterocycles. The van der Waals surface area contributed by atoms with E-state index in [4.69, 9.17) is 10.3 Å². The van der Waals surface area contributed by atoms with Gasteiger partial charge in [-0.25, -0.2) is 0 Å². The van der Waals surface area contributed by atoms with Gasteiger partial charge in [-0.1, -0.05) is 58.9 Å². The Labute approximate surface area is 139 Å². The van der Waals surface area contributed by atoms with Crippen molar-refractivity contribution >= 4 is 5.71 Å². The minimum atomic E-state index is -0.349. The summed E-state index contributed by atoms with van der Waals surface area (Å²) in [6, 6.07) is 8.22. The fourth-order valence-electron chi connectivity index (χ4n) is 3.26. The van der Waals surface area contributed by atoms with Gasteiger partial charge in [0.25, 0.3) is 0 Å². The van der Waals surface area contributed by atoms with Crippen LogP contribution in [0.3, 0.4) is 0 Å². The Kier molecular flexibility index (Phi) is 4.91. The molecule has 1 aromatic rings. The van der Waals surface area contributed by atoms with Gasteiger partial charge in [0, 0.05) is 6.08 Å². The van der Waals surface area contributed by atoms with Crippen LogP contribution in [0.15, 0.2) is 48.6 Å². The highest BCUT2D eigenvalue weighted by atomic mass is 16.5. The Morgan fingerprint density at radius 3 is 2.26 bits per heavy atom. The molecular weight excluding hydrogens is 284 g/mol. The van der Waals surface area contributed by atoms with Crippen LogP contribution in [0.2, 0.25) is 0 Å². The molecule has 0 N–H and O–H groups in total. The van der Waals surface area contributed by atoms with Crippen molar-refractivity contribution in [1.29, 1.82) is 0 Å². The molecule has 1 atom stereocenters. The van der Waals surface area contributed by atoms with Crippen molar-refractivity contribution in [3.05, 3.63) is 59.7 Å². The van der Waals surface area contributed by atoms with Crippen LogP contribution in [0.5, 0.6) is 5.75 Å². The molecule has 23 heavy (non-hydrogen) atoms. The van der Waals surface area contributed by atoms with E-state index < -0.39 is 0 Å². The molecule has 0 saturated carbocycles. The van der Waals surface area contributed by atoms with Crippen molar-refractivity contribution in [2.24, 2.45) is 5.41 Å². The highest BCUT2D eigenvalue weighted by Gasteiger charge is 2.27. The number of ether oxygens (including phenoxy) is 1. The molecule has 0 amide bonds. The van der Waals surface area contributed by atoms with E-state index in [0.29, 0.717) is 5.71 Å². The second kappa shape index (κ2) is 6.55. The van der Waals surface area contributed by atoms with Gasteiger partial charge in [0.05, 0.1) is 0 Å². The third-order valence-corrected chi connectivity index (χ3v) is 3.94. The molecule has 3 nitrogen and oxygen atoms in total. The van der Waals surface area contributed by atoms with E-state index in [-0.39, 0.29) is 16.9 Å². The van der Waals surface area contributed by atoms with Crippen LogP contribution in [0, 0.1) is 5.41 Å². The molecule has 0 bridgehead atoms. The van der Waals surface area contributed by atoms with Crippen LogP contribution in [-0.4, -0.2) is 16.6 Å². The van der Waals surface area contributed by atoms with E-state index >= 15 is 0 Å². The molecule has 0 fully saturated rings. The van der Waals surface area contributed by atoms with E-state index in [1.54, 1.807) is 6.08 Å². The van der Waals surface area contributed by atoms with E-state index in [0.717, 1.165) is 12.2 Å². The van der Waals surface area contributed by atoms with Crippen molar-refractivity contribution < 1.29 is 9.53 Å². The molecule has 1 aromatic carbocycles. The maximum atomic E-state index is 9.02. The molecule has 0 radical (unpaired) electrons. The molecular formula is C20H26N2O. The zero-order valence-electron chi connectivity index (χ0n) is 14.7.